The van der Waals surface area contributed by atoms with Crippen LogP contribution in [-0.4, -0.2) is 51.3 Å². The summed E-state index contributed by atoms with van der Waals surface area (Å²) in [4.78, 5) is 43.8. The number of hydrogen-bond acceptors (Lipinski definition) is 7. The number of thiazole rings is 1. The zero-order valence-corrected chi connectivity index (χ0v) is 25.1. The molecular weight excluding hydrogens is 572 g/mol. The highest BCUT2D eigenvalue weighted by molar-refractivity contribution is 7.80. The van der Waals surface area contributed by atoms with Crippen molar-refractivity contribution < 1.29 is 19.4 Å². The van der Waals surface area contributed by atoms with Crippen LogP contribution in [0.2, 0.25) is 0 Å². The van der Waals surface area contributed by atoms with Gasteiger partial charge in [0.15, 0.2) is 5.11 Å². The molecule has 1 aromatic heterocycles. The Hall–Kier alpha value is -4.48. The van der Waals surface area contributed by atoms with Crippen molar-refractivity contribution in [2.24, 2.45) is 0 Å². The van der Waals surface area contributed by atoms with Crippen molar-refractivity contribution in [3.05, 3.63) is 91.5 Å². The average Bonchev–Trinajstić information content (AvgIpc) is 3.42. The normalized spacial score (nSPS) is 17.5. The van der Waals surface area contributed by atoms with Crippen molar-refractivity contribution in [2.75, 3.05) is 29.5 Å². The van der Waals surface area contributed by atoms with Crippen LogP contribution < -0.4 is 29.3 Å². The molecule has 1 saturated heterocycles. The number of thiocarbonyl (C=S) groups is 1. The lowest BCUT2D eigenvalue weighted by Crippen LogP contribution is -2.37. The molecule has 9 nitrogen and oxygen atoms in total. The molecule has 2 aliphatic heterocycles. The third kappa shape index (κ3) is 5.28. The number of carbonyl (C=O) groups excluding carboxylic acids is 1. The van der Waals surface area contributed by atoms with Crippen molar-refractivity contribution in [2.45, 2.75) is 27.3 Å². The topological polar surface area (TPSA) is 95.3 Å². The first-order valence-electron chi connectivity index (χ1n) is 13.6. The van der Waals surface area contributed by atoms with Crippen LogP contribution >= 0.6 is 23.6 Å². The number of aromatic nitrogens is 1. The van der Waals surface area contributed by atoms with Gasteiger partial charge in [-0.05, 0) is 81.5 Å². The molecule has 11 heteroatoms. The summed E-state index contributed by atoms with van der Waals surface area (Å²) in [6.07, 6.45) is 7.64. The lowest BCUT2D eigenvalue weighted by molar-refractivity contribution is -0.136. The maximum atomic E-state index is 13.8. The Balaban J connectivity index is 1.63. The summed E-state index contributed by atoms with van der Waals surface area (Å²) in [6.45, 7) is 6.90. The van der Waals surface area contributed by atoms with Crippen molar-refractivity contribution in [3.63, 3.8) is 0 Å². The largest absolute Gasteiger partial charge is 0.494 e. The van der Waals surface area contributed by atoms with E-state index < -0.39 is 18.4 Å². The van der Waals surface area contributed by atoms with Crippen LogP contribution in [0.1, 0.15) is 26.3 Å². The van der Waals surface area contributed by atoms with Crippen LogP contribution in [0.4, 0.5) is 11.4 Å². The Morgan fingerprint density at radius 2 is 1.76 bits per heavy atom. The number of hydrogen-bond donors (Lipinski definition) is 1. The molecule has 2 aliphatic rings. The standard InChI is InChI=1S/C31H30N4O5S2/c1-4-32-21(13-12-20-18-23(40-6-3)15-16-24(20)32)14-17-25-28(38)33(5-2)30(42-25)27-29(39)35(22-10-8-7-9-11-22)31(41)34(27)19-26(36)37/h7-18H,4-6,19H2,1-3H3,(H,36,37)/b21-14+,25-17+,30-27-. The van der Waals surface area contributed by atoms with Crippen LogP contribution in [0, 0.1) is 0 Å². The predicted molar refractivity (Wildman–Crippen MR) is 170 cm³/mol. The van der Waals surface area contributed by atoms with E-state index >= 15 is 0 Å². The van der Waals surface area contributed by atoms with Crippen LogP contribution in [0.3, 0.4) is 0 Å². The molecule has 0 spiro atoms. The van der Waals surface area contributed by atoms with Crippen LogP contribution in [0.15, 0.2) is 71.2 Å². The summed E-state index contributed by atoms with van der Waals surface area (Å²) in [5.41, 5.74) is 3.31. The van der Waals surface area contributed by atoms with Gasteiger partial charge in [-0.2, -0.15) is 0 Å². The molecule has 1 fully saturated rings. The van der Waals surface area contributed by atoms with Crippen molar-refractivity contribution in [1.29, 1.82) is 0 Å². The Morgan fingerprint density at radius 3 is 2.43 bits per heavy atom. The number of amides is 1. The molecule has 5 rings (SSSR count). The number of ether oxygens (including phenoxy) is 1. The number of para-hydroxylation sites is 1. The highest BCUT2D eigenvalue weighted by Crippen LogP contribution is 2.33. The van der Waals surface area contributed by atoms with E-state index in [0.717, 1.165) is 34.0 Å². The van der Waals surface area contributed by atoms with Gasteiger partial charge < -0.3 is 14.7 Å². The lowest BCUT2D eigenvalue weighted by Gasteiger charge is -2.29. The summed E-state index contributed by atoms with van der Waals surface area (Å²) in [5.74, 6) is -0.812. The van der Waals surface area contributed by atoms with E-state index in [1.165, 1.54) is 14.4 Å². The maximum Gasteiger partial charge on any atom is 0.323 e. The molecule has 0 saturated carbocycles. The third-order valence-corrected chi connectivity index (χ3v) is 8.44. The minimum absolute atomic E-state index is 0.0526. The maximum absolute atomic E-state index is 13.8. The Bertz CT molecular complexity index is 1810. The van der Waals surface area contributed by atoms with Gasteiger partial charge in [-0.15, -0.1) is 11.3 Å². The van der Waals surface area contributed by atoms with Crippen LogP contribution in [0.25, 0.3) is 17.8 Å². The summed E-state index contributed by atoms with van der Waals surface area (Å²) in [6, 6.07) is 14.8. The number of aliphatic carboxylic acids is 1. The zero-order valence-electron chi connectivity index (χ0n) is 23.4. The fraction of sp³-hybridized carbons (Fsp3) is 0.226. The van der Waals surface area contributed by atoms with Gasteiger partial charge in [0.2, 0.25) is 0 Å². The monoisotopic (exact) mass is 602 g/mol. The van der Waals surface area contributed by atoms with E-state index in [-0.39, 0.29) is 16.4 Å². The molecule has 0 atom stereocenters. The number of likely N-dealkylation sites (N-methyl/N-ethyl adjacent to an activating group) is 1. The summed E-state index contributed by atoms with van der Waals surface area (Å²) < 4.78 is 7.92. The van der Waals surface area contributed by atoms with Crippen molar-refractivity contribution >= 4 is 69.8 Å². The number of carboxylic acids is 1. The molecule has 1 amide bonds. The van der Waals surface area contributed by atoms with Gasteiger partial charge in [0.1, 0.15) is 22.7 Å². The molecule has 0 aliphatic carbocycles. The number of rotatable bonds is 8. The summed E-state index contributed by atoms with van der Waals surface area (Å²) >= 11 is 6.72. The Labute approximate surface area is 252 Å². The van der Waals surface area contributed by atoms with E-state index in [4.69, 9.17) is 17.0 Å². The molecule has 3 aromatic rings. The van der Waals surface area contributed by atoms with Gasteiger partial charge in [0, 0.05) is 30.0 Å². The molecule has 0 bridgehead atoms. The van der Waals surface area contributed by atoms with Crippen LogP contribution in [0.5, 0.6) is 5.75 Å². The van der Waals surface area contributed by atoms with Crippen LogP contribution in [-0.2, 0) is 16.1 Å². The van der Waals surface area contributed by atoms with Gasteiger partial charge in [-0.1, -0.05) is 24.3 Å². The molecule has 2 aromatic carbocycles. The molecular formula is C31H30N4O5S2. The smallest absolute Gasteiger partial charge is 0.323 e. The first-order chi connectivity index (χ1) is 20.3. The fourth-order valence-corrected chi connectivity index (χ4v) is 6.55. The number of nitrogens with zero attached hydrogens (tertiary/aromatic N) is 4. The highest BCUT2D eigenvalue weighted by Gasteiger charge is 2.41. The first-order valence-corrected chi connectivity index (χ1v) is 14.8. The number of carbonyl (C=O) groups is 2. The van der Waals surface area contributed by atoms with Gasteiger partial charge in [-0.3, -0.25) is 28.8 Å². The molecule has 42 heavy (non-hydrogen) atoms. The fourth-order valence-electron chi connectivity index (χ4n) is 5.05. The Morgan fingerprint density at radius 1 is 1.00 bits per heavy atom. The van der Waals surface area contributed by atoms with E-state index in [0.29, 0.717) is 34.6 Å². The first kappa shape index (κ1) is 29.0. The van der Waals surface area contributed by atoms with E-state index in [9.17, 15) is 19.5 Å². The highest BCUT2D eigenvalue weighted by atomic mass is 32.1. The number of anilines is 2. The predicted octanol–water partition coefficient (Wildman–Crippen LogP) is 3.37. The molecule has 3 heterocycles. The molecule has 0 radical (unpaired) electrons. The van der Waals surface area contributed by atoms with E-state index in [1.54, 1.807) is 30.3 Å². The van der Waals surface area contributed by atoms with E-state index in [2.05, 4.69) is 11.8 Å². The van der Waals surface area contributed by atoms with Crippen molar-refractivity contribution in [1.82, 2.24) is 9.47 Å². The third-order valence-electron chi connectivity index (χ3n) is 6.90. The quantitative estimate of drug-likeness (QED) is 0.393. The second-order valence-corrected chi connectivity index (χ2v) is 10.8. The molecule has 0 unspecified atom stereocenters. The number of allylic oxidation sites excluding steroid dienone is 2. The second-order valence-electron chi connectivity index (χ2n) is 9.40. The van der Waals surface area contributed by atoms with Gasteiger partial charge in [0.05, 0.1) is 16.8 Å². The van der Waals surface area contributed by atoms with Crippen molar-refractivity contribution in [3.8, 4) is 5.75 Å². The number of fused-ring (bicyclic) bond motifs is 1. The zero-order chi connectivity index (χ0) is 30.0. The average molecular weight is 603 g/mol. The second kappa shape index (κ2) is 12.2. The number of carboxylic acid groups (broad SMARTS) is 1. The minimum atomic E-state index is -1.14. The van der Waals surface area contributed by atoms with E-state index in [1.807, 2.05) is 56.3 Å². The summed E-state index contributed by atoms with van der Waals surface area (Å²) in [5, 5.41) is 9.69. The van der Waals surface area contributed by atoms with Gasteiger partial charge in [0.25, 0.3) is 11.5 Å². The van der Waals surface area contributed by atoms with Gasteiger partial charge >= 0.3 is 5.97 Å². The Kier molecular flexibility index (Phi) is 8.41. The summed E-state index contributed by atoms with van der Waals surface area (Å²) in [7, 11) is 0. The minimum Gasteiger partial charge on any atom is -0.494 e. The lowest BCUT2D eigenvalue weighted by atomic mass is 10.1. The van der Waals surface area contributed by atoms with Gasteiger partial charge in [-0.25, -0.2) is 0 Å². The molecule has 216 valence electrons. The molecule has 1 N–H and O–H groups in total. The number of benzene rings is 2. The SMILES string of the molecule is CCOc1ccc2c(c1)C=C/C(=C\C=c1\s/c(=C3/C(=O)N(c4ccccc4)C(=S)N3CC(=O)O)n(CC)c1=O)N2CC.